The van der Waals surface area contributed by atoms with Gasteiger partial charge in [-0.25, -0.2) is 10.2 Å². The van der Waals surface area contributed by atoms with Gasteiger partial charge in [-0.1, -0.05) is 38.8 Å². The molecule has 0 bridgehead atoms. The van der Waals surface area contributed by atoms with Crippen LogP contribution in [0.1, 0.15) is 66.7 Å². The quantitative estimate of drug-likeness (QED) is 0.451. The molecule has 0 aromatic rings. The van der Waals surface area contributed by atoms with Gasteiger partial charge in [0.2, 0.25) is 0 Å². The number of amides is 2. The van der Waals surface area contributed by atoms with E-state index in [1.807, 2.05) is 6.92 Å². The second-order valence-corrected chi connectivity index (χ2v) is 7.69. The zero-order chi connectivity index (χ0) is 15.8. The van der Waals surface area contributed by atoms with Crippen LogP contribution in [0, 0.1) is 16.7 Å². The summed E-state index contributed by atoms with van der Waals surface area (Å²) in [6.07, 6.45) is 6.04. The first-order valence-corrected chi connectivity index (χ1v) is 7.98. The highest BCUT2D eigenvalue weighted by Crippen LogP contribution is 2.54. The molecule has 0 fully saturated rings. The number of carbonyl (C=O) groups excluding carboxylic acids is 1. The third-order valence-corrected chi connectivity index (χ3v) is 5.87. The fourth-order valence-corrected chi connectivity index (χ4v) is 4.00. The number of rotatable bonds is 2. The molecular formula is C17H29N3O. The van der Waals surface area contributed by atoms with Gasteiger partial charge in [0.05, 0.1) is 0 Å². The van der Waals surface area contributed by atoms with Crippen molar-refractivity contribution in [2.75, 3.05) is 0 Å². The molecule has 0 saturated carbocycles. The minimum atomic E-state index is -0.598. The fraction of sp³-hybridized carbons (Fsp3) is 0.765. The molecule has 21 heavy (non-hydrogen) atoms. The van der Waals surface area contributed by atoms with Crippen molar-refractivity contribution in [3.63, 3.8) is 0 Å². The summed E-state index contributed by atoms with van der Waals surface area (Å²) < 4.78 is 0. The Bertz CT molecular complexity index is 504. The number of hydrogen-bond acceptors (Lipinski definition) is 2. The molecule has 0 aliphatic heterocycles. The molecule has 2 aliphatic rings. The number of carbonyl (C=O) groups is 1. The number of nitrogens with one attached hydrogen (secondary N) is 1. The topological polar surface area (TPSA) is 67.5 Å². The highest BCUT2D eigenvalue weighted by Gasteiger charge is 2.44. The van der Waals surface area contributed by atoms with E-state index in [4.69, 9.17) is 5.73 Å². The van der Waals surface area contributed by atoms with E-state index in [-0.39, 0.29) is 5.41 Å². The lowest BCUT2D eigenvalue weighted by Gasteiger charge is -2.48. The highest BCUT2D eigenvalue weighted by atomic mass is 16.2. The number of primary amides is 1. The summed E-state index contributed by atoms with van der Waals surface area (Å²) in [5.41, 5.74) is 12.1. The van der Waals surface area contributed by atoms with Crippen molar-refractivity contribution >= 4 is 11.7 Å². The molecule has 0 aromatic heterocycles. The standard InChI is InChI=1S/C17H29N3O/c1-11-9-13-7-6-8-16(3,4)14(13)10-17(11,5)12(2)19-20-15(18)21/h11H,6-10H2,1-5H3,(H3,18,20,21)/b19-12+. The zero-order valence-electron chi connectivity index (χ0n) is 14.0. The van der Waals surface area contributed by atoms with E-state index in [2.05, 4.69) is 38.2 Å². The van der Waals surface area contributed by atoms with Crippen LogP contribution in [0.15, 0.2) is 16.2 Å². The van der Waals surface area contributed by atoms with Gasteiger partial charge in [0, 0.05) is 11.1 Å². The summed E-state index contributed by atoms with van der Waals surface area (Å²) in [5.74, 6) is 0.531. The minimum absolute atomic E-state index is 0.00407. The van der Waals surface area contributed by atoms with Crippen molar-refractivity contribution in [3.8, 4) is 0 Å². The predicted octanol–water partition coefficient (Wildman–Crippen LogP) is 3.97. The van der Waals surface area contributed by atoms with Crippen molar-refractivity contribution < 1.29 is 4.79 Å². The van der Waals surface area contributed by atoms with Crippen LogP contribution in [0.5, 0.6) is 0 Å². The second-order valence-electron chi connectivity index (χ2n) is 7.69. The summed E-state index contributed by atoms with van der Waals surface area (Å²) in [7, 11) is 0. The van der Waals surface area contributed by atoms with Crippen LogP contribution in [0.4, 0.5) is 4.79 Å². The van der Waals surface area contributed by atoms with Gasteiger partial charge in [-0.3, -0.25) is 0 Å². The molecule has 118 valence electrons. The van der Waals surface area contributed by atoms with Crippen LogP contribution in [0.25, 0.3) is 0 Å². The van der Waals surface area contributed by atoms with Crippen molar-refractivity contribution in [2.24, 2.45) is 27.6 Å². The Labute approximate surface area is 128 Å². The van der Waals surface area contributed by atoms with E-state index in [0.29, 0.717) is 11.3 Å². The normalized spacial score (nSPS) is 32.6. The predicted molar refractivity (Wildman–Crippen MR) is 87.0 cm³/mol. The molecule has 2 aliphatic carbocycles. The van der Waals surface area contributed by atoms with Crippen molar-refractivity contribution in [1.82, 2.24) is 5.43 Å². The molecule has 2 unspecified atom stereocenters. The third-order valence-electron chi connectivity index (χ3n) is 5.87. The van der Waals surface area contributed by atoms with Crippen LogP contribution in [0.3, 0.4) is 0 Å². The molecule has 4 heteroatoms. The van der Waals surface area contributed by atoms with Gasteiger partial charge in [0.15, 0.2) is 0 Å². The van der Waals surface area contributed by atoms with E-state index >= 15 is 0 Å². The molecular weight excluding hydrogens is 262 g/mol. The molecule has 2 atom stereocenters. The van der Waals surface area contributed by atoms with Gasteiger partial charge in [-0.15, -0.1) is 0 Å². The van der Waals surface area contributed by atoms with Gasteiger partial charge < -0.3 is 5.73 Å². The number of urea groups is 1. The maximum Gasteiger partial charge on any atom is 0.332 e. The zero-order valence-corrected chi connectivity index (χ0v) is 14.0. The van der Waals surface area contributed by atoms with Gasteiger partial charge in [-0.05, 0) is 50.4 Å². The molecule has 0 aromatic carbocycles. The summed E-state index contributed by atoms with van der Waals surface area (Å²) >= 11 is 0. The SMILES string of the molecule is C/C(=N\NC(N)=O)C1(C)CC2=C(CCCC2(C)C)CC1C. The van der Waals surface area contributed by atoms with Crippen molar-refractivity contribution in [2.45, 2.75) is 66.7 Å². The van der Waals surface area contributed by atoms with Crippen molar-refractivity contribution in [3.05, 3.63) is 11.1 Å². The van der Waals surface area contributed by atoms with Crippen LogP contribution < -0.4 is 11.2 Å². The third kappa shape index (κ3) is 2.99. The smallest absolute Gasteiger partial charge is 0.332 e. The van der Waals surface area contributed by atoms with Crippen LogP contribution in [0.2, 0.25) is 0 Å². The maximum atomic E-state index is 10.9. The first-order valence-electron chi connectivity index (χ1n) is 7.98. The molecule has 2 rings (SSSR count). The fourth-order valence-electron chi connectivity index (χ4n) is 4.00. The average molecular weight is 291 g/mol. The Balaban J connectivity index is 2.32. The van der Waals surface area contributed by atoms with Crippen molar-refractivity contribution in [1.29, 1.82) is 0 Å². The van der Waals surface area contributed by atoms with Gasteiger partial charge in [0.25, 0.3) is 0 Å². The maximum absolute atomic E-state index is 10.9. The molecule has 0 radical (unpaired) electrons. The summed E-state index contributed by atoms with van der Waals surface area (Å²) in [6, 6.07) is -0.598. The summed E-state index contributed by atoms with van der Waals surface area (Å²) in [5, 5.41) is 4.22. The largest absolute Gasteiger partial charge is 0.350 e. The number of nitrogens with two attached hydrogens (primary N) is 1. The first kappa shape index (κ1) is 16.1. The Hall–Kier alpha value is -1.32. The Morgan fingerprint density at radius 3 is 2.67 bits per heavy atom. The van der Waals surface area contributed by atoms with Gasteiger partial charge in [-0.2, -0.15) is 5.10 Å². The van der Waals surface area contributed by atoms with Gasteiger partial charge >= 0.3 is 6.03 Å². The number of hydrazone groups is 1. The average Bonchev–Trinajstić information content (AvgIpc) is 2.38. The summed E-state index contributed by atoms with van der Waals surface area (Å²) in [4.78, 5) is 10.9. The lowest BCUT2D eigenvalue weighted by atomic mass is 9.57. The lowest BCUT2D eigenvalue weighted by molar-refractivity contribution is 0.222. The molecule has 4 nitrogen and oxygen atoms in total. The Morgan fingerprint density at radius 2 is 2.05 bits per heavy atom. The molecule has 0 heterocycles. The van der Waals surface area contributed by atoms with Gasteiger partial charge in [0.1, 0.15) is 0 Å². The highest BCUT2D eigenvalue weighted by molar-refractivity contribution is 5.89. The molecule has 0 spiro atoms. The number of nitrogens with zero attached hydrogens (tertiary/aromatic N) is 1. The number of allylic oxidation sites excluding steroid dienone is 2. The monoisotopic (exact) mass is 291 g/mol. The second kappa shape index (κ2) is 5.47. The Morgan fingerprint density at radius 1 is 1.38 bits per heavy atom. The van der Waals surface area contributed by atoms with Crippen LogP contribution in [-0.2, 0) is 0 Å². The van der Waals surface area contributed by atoms with E-state index in [1.54, 1.807) is 11.1 Å². The molecule has 3 N–H and O–H groups in total. The number of hydrogen-bond donors (Lipinski definition) is 2. The van der Waals surface area contributed by atoms with Crippen LogP contribution >= 0.6 is 0 Å². The van der Waals surface area contributed by atoms with E-state index in [1.165, 1.54) is 19.3 Å². The molecule has 2 amide bonds. The lowest BCUT2D eigenvalue weighted by Crippen LogP contribution is -2.41. The molecule has 0 saturated heterocycles. The van der Waals surface area contributed by atoms with E-state index < -0.39 is 6.03 Å². The Kier molecular flexibility index (Phi) is 4.18. The van der Waals surface area contributed by atoms with Crippen LogP contribution in [-0.4, -0.2) is 11.7 Å². The first-order chi connectivity index (χ1) is 9.67. The van der Waals surface area contributed by atoms with E-state index in [0.717, 1.165) is 18.6 Å². The summed E-state index contributed by atoms with van der Waals surface area (Å²) in [6.45, 7) is 11.3. The van der Waals surface area contributed by atoms with E-state index in [9.17, 15) is 4.79 Å². The minimum Gasteiger partial charge on any atom is -0.350 e.